The van der Waals surface area contributed by atoms with E-state index in [1.807, 2.05) is 12.1 Å². The minimum atomic E-state index is -0.414. The standard InChI is InChI=1S/C20H18ClFN4O2S/c21-16-9-15(22)3-1-13(16)10-24-19(27)17-12-29-20(25-17)14-2-4-18(23-11-14)26-5-7-28-8-6-26/h1-4,9,11-12H,5-8,10H2,(H,24,27). The molecule has 0 radical (unpaired) electrons. The van der Waals surface area contributed by atoms with Crippen LogP contribution in [0.15, 0.2) is 41.9 Å². The van der Waals surface area contributed by atoms with E-state index in [0.717, 1.165) is 29.5 Å². The Morgan fingerprint density at radius 3 is 2.83 bits per heavy atom. The highest BCUT2D eigenvalue weighted by Crippen LogP contribution is 2.25. The predicted octanol–water partition coefficient (Wildman–Crippen LogP) is 3.76. The first-order valence-electron chi connectivity index (χ1n) is 9.07. The van der Waals surface area contributed by atoms with Crippen LogP contribution in [-0.4, -0.2) is 42.2 Å². The fourth-order valence-electron chi connectivity index (χ4n) is 2.93. The summed E-state index contributed by atoms with van der Waals surface area (Å²) in [6.07, 6.45) is 1.77. The van der Waals surface area contributed by atoms with E-state index in [9.17, 15) is 9.18 Å². The molecule has 1 fully saturated rings. The first kappa shape index (κ1) is 19.8. The number of hydrogen-bond acceptors (Lipinski definition) is 6. The predicted molar refractivity (Wildman–Crippen MR) is 111 cm³/mol. The van der Waals surface area contributed by atoms with Gasteiger partial charge in [-0.15, -0.1) is 11.3 Å². The number of thiazole rings is 1. The number of amides is 1. The molecule has 1 saturated heterocycles. The lowest BCUT2D eigenvalue weighted by molar-refractivity contribution is 0.0946. The fraction of sp³-hybridized carbons (Fsp3) is 0.250. The van der Waals surface area contributed by atoms with E-state index in [-0.39, 0.29) is 17.5 Å². The van der Waals surface area contributed by atoms with Crippen LogP contribution in [0.2, 0.25) is 5.02 Å². The second kappa shape index (κ2) is 8.86. The Morgan fingerprint density at radius 2 is 2.10 bits per heavy atom. The SMILES string of the molecule is O=C(NCc1ccc(F)cc1Cl)c1csc(-c2ccc(N3CCOCC3)nc2)n1. The molecule has 3 aromatic rings. The van der Waals surface area contributed by atoms with Crippen molar-refractivity contribution in [2.75, 3.05) is 31.2 Å². The number of morpholine rings is 1. The molecule has 1 aliphatic rings. The molecule has 1 aromatic carbocycles. The summed E-state index contributed by atoms with van der Waals surface area (Å²) >= 11 is 7.37. The van der Waals surface area contributed by atoms with Crippen molar-refractivity contribution in [1.82, 2.24) is 15.3 Å². The molecular formula is C20H18ClFN4O2S. The maximum absolute atomic E-state index is 13.1. The molecule has 0 unspecified atom stereocenters. The third kappa shape index (κ3) is 4.72. The van der Waals surface area contributed by atoms with Gasteiger partial charge in [-0.1, -0.05) is 17.7 Å². The van der Waals surface area contributed by atoms with Gasteiger partial charge in [0.1, 0.15) is 22.3 Å². The van der Waals surface area contributed by atoms with E-state index in [1.54, 1.807) is 17.6 Å². The number of pyridine rings is 1. The summed E-state index contributed by atoms with van der Waals surface area (Å²) < 4.78 is 18.5. The summed E-state index contributed by atoms with van der Waals surface area (Å²) in [5, 5.41) is 5.45. The average Bonchev–Trinajstić information content (AvgIpc) is 3.24. The summed E-state index contributed by atoms with van der Waals surface area (Å²) in [5.41, 5.74) is 1.81. The van der Waals surface area contributed by atoms with Crippen molar-refractivity contribution in [1.29, 1.82) is 0 Å². The van der Waals surface area contributed by atoms with Crippen LogP contribution in [0.3, 0.4) is 0 Å². The van der Waals surface area contributed by atoms with Crippen molar-refractivity contribution in [2.45, 2.75) is 6.54 Å². The second-order valence-electron chi connectivity index (χ2n) is 6.46. The van der Waals surface area contributed by atoms with Gasteiger partial charge in [0.15, 0.2) is 0 Å². The minimum absolute atomic E-state index is 0.195. The van der Waals surface area contributed by atoms with Gasteiger partial charge < -0.3 is 15.0 Å². The van der Waals surface area contributed by atoms with Gasteiger partial charge in [-0.25, -0.2) is 14.4 Å². The van der Waals surface area contributed by atoms with Crippen LogP contribution in [0.5, 0.6) is 0 Å². The maximum atomic E-state index is 13.1. The molecule has 0 spiro atoms. The van der Waals surface area contributed by atoms with E-state index in [0.29, 0.717) is 24.5 Å². The summed E-state index contributed by atoms with van der Waals surface area (Å²) in [4.78, 5) is 23.5. The Balaban J connectivity index is 1.40. The van der Waals surface area contributed by atoms with Crippen LogP contribution in [-0.2, 0) is 11.3 Å². The Hall–Kier alpha value is -2.55. The van der Waals surface area contributed by atoms with Gasteiger partial charge in [0.2, 0.25) is 0 Å². The van der Waals surface area contributed by atoms with Crippen LogP contribution in [0.25, 0.3) is 10.6 Å². The summed E-state index contributed by atoms with van der Waals surface area (Å²) in [6, 6.07) is 7.99. The average molecular weight is 433 g/mol. The zero-order valence-corrected chi connectivity index (χ0v) is 17.0. The molecule has 0 bridgehead atoms. The Labute approximate surface area is 176 Å². The zero-order chi connectivity index (χ0) is 20.2. The van der Waals surface area contributed by atoms with Crippen molar-refractivity contribution in [3.8, 4) is 10.6 Å². The van der Waals surface area contributed by atoms with Gasteiger partial charge >= 0.3 is 0 Å². The molecular weight excluding hydrogens is 415 g/mol. The van der Waals surface area contributed by atoms with Crippen molar-refractivity contribution in [3.05, 3.63) is 64.0 Å². The molecule has 1 aliphatic heterocycles. The number of rotatable bonds is 5. The van der Waals surface area contributed by atoms with E-state index >= 15 is 0 Å². The lowest BCUT2D eigenvalue weighted by Crippen LogP contribution is -2.36. The highest BCUT2D eigenvalue weighted by molar-refractivity contribution is 7.13. The summed E-state index contributed by atoms with van der Waals surface area (Å²) in [5.74, 6) is 0.177. The van der Waals surface area contributed by atoms with Crippen LogP contribution in [0.4, 0.5) is 10.2 Å². The molecule has 6 nitrogen and oxygen atoms in total. The molecule has 29 heavy (non-hydrogen) atoms. The Bertz CT molecular complexity index is 1010. The minimum Gasteiger partial charge on any atom is -0.378 e. The van der Waals surface area contributed by atoms with Gasteiger partial charge in [-0.3, -0.25) is 4.79 Å². The molecule has 2 aromatic heterocycles. The zero-order valence-electron chi connectivity index (χ0n) is 15.4. The summed E-state index contributed by atoms with van der Waals surface area (Å²) in [6.45, 7) is 3.26. The first-order valence-corrected chi connectivity index (χ1v) is 10.3. The molecule has 0 atom stereocenters. The number of aromatic nitrogens is 2. The number of hydrogen-bond donors (Lipinski definition) is 1. The molecule has 150 valence electrons. The molecule has 9 heteroatoms. The highest BCUT2D eigenvalue weighted by Gasteiger charge is 2.15. The number of halogens is 2. The molecule has 0 saturated carbocycles. The number of anilines is 1. The van der Waals surface area contributed by atoms with Crippen LogP contribution < -0.4 is 10.2 Å². The number of carbonyl (C=O) groups excluding carboxylic acids is 1. The van der Waals surface area contributed by atoms with Gasteiger partial charge in [-0.05, 0) is 29.8 Å². The van der Waals surface area contributed by atoms with Crippen LogP contribution >= 0.6 is 22.9 Å². The highest BCUT2D eigenvalue weighted by atomic mass is 35.5. The Morgan fingerprint density at radius 1 is 1.28 bits per heavy atom. The number of carbonyl (C=O) groups is 1. The van der Waals surface area contributed by atoms with E-state index in [1.165, 1.54) is 23.5 Å². The normalized spacial score (nSPS) is 14.1. The molecule has 1 N–H and O–H groups in total. The molecule has 0 aliphatic carbocycles. The summed E-state index contributed by atoms with van der Waals surface area (Å²) in [7, 11) is 0. The first-order chi connectivity index (χ1) is 14.1. The number of nitrogens with zero attached hydrogens (tertiary/aromatic N) is 3. The third-order valence-corrected chi connectivity index (χ3v) is 5.76. The smallest absolute Gasteiger partial charge is 0.271 e. The lowest BCUT2D eigenvalue weighted by atomic mass is 10.2. The van der Waals surface area contributed by atoms with Crippen molar-refractivity contribution >= 4 is 34.7 Å². The topological polar surface area (TPSA) is 67.4 Å². The van der Waals surface area contributed by atoms with E-state index in [4.69, 9.17) is 16.3 Å². The Kier molecular flexibility index (Phi) is 6.03. The number of nitrogens with one attached hydrogen (secondary N) is 1. The maximum Gasteiger partial charge on any atom is 0.271 e. The number of benzene rings is 1. The molecule has 3 heterocycles. The quantitative estimate of drug-likeness (QED) is 0.664. The lowest BCUT2D eigenvalue weighted by Gasteiger charge is -2.27. The van der Waals surface area contributed by atoms with Gasteiger partial charge in [0.25, 0.3) is 5.91 Å². The third-order valence-electron chi connectivity index (χ3n) is 4.52. The second-order valence-corrected chi connectivity index (χ2v) is 7.73. The fourth-order valence-corrected chi connectivity index (χ4v) is 3.96. The van der Waals surface area contributed by atoms with Crippen LogP contribution in [0.1, 0.15) is 16.1 Å². The van der Waals surface area contributed by atoms with E-state index in [2.05, 4.69) is 20.2 Å². The molecule has 4 rings (SSSR count). The van der Waals surface area contributed by atoms with Gasteiger partial charge in [-0.2, -0.15) is 0 Å². The number of ether oxygens (including phenoxy) is 1. The van der Waals surface area contributed by atoms with E-state index < -0.39 is 5.82 Å². The van der Waals surface area contributed by atoms with Crippen molar-refractivity contribution in [2.24, 2.45) is 0 Å². The largest absolute Gasteiger partial charge is 0.378 e. The monoisotopic (exact) mass is 432 g/mol. The van der Waals surface area contributed by atoms with Gasteiger partial charge in [0, 0.05) is 41.8 Å². The van der Waals surface area contributed by atoms with Crippen LogP contribution in [0, 0.1) is 5.82 Å². The van der Waals surface area contributed by atoms with Crippen molar-refractivity contribution in [3.63, 3.8) is 0 Å². The molecule has 1 amide bonds. The van der Waals surface area contributed by atoms with Gasteiger partial charge in [0.05, 0.1) is 13.2 Å². The van der Waals surface area contributed by atoms with Crippen molar-refractivity contribution < 1.29 is 13.9 Å².